The third-order valence-corrected chi connectivity index (χ3v) is 10.1. The highest BCUT2D eigenvalue weighted by molar-refractivity contribution is 6.38. The molecule has 0 saturated heterocycles. The van der Waals surface area contributed by atoms with Gasteiger partial charge in [0.05, 0.1) is 11.0 Å². The van der Waals surface area contributed by atoms with Crippen molar-refractivity contribution in [3.63, 3.8) is 0 Å². The van der Waals surface area contributed by atoms with Crippen LogP contribution in [0.1, 0.15) is 0 Å². The Bertz CT molecular complexity index is 2860. The van der Waals surface area contributed by atoms with Crippen molar-refractivity contribution in [2.45, 2.75) is 0 Å². The SMILES string of the molecule is c1ccc(-c2cccc(-c3cc4c5ccccc5c5c(c6ccccc6n5-c5cccc(-c6ccccc6)c5)c4c4ccccc34)c2)cc1. The van der Waals surface area contributed by atoms with E-state index in [0.29, 0.717) is 0 Å². The van der Waals surface area contributed by atoms with Gasteiger partial charge in [-0.1, -0.05) is 158 Å². The zero-order valence-corrected chi connectivity index (χ0v) is 26.8. The van der Waals surface area contributed by atoms with Crippen LogP contribution in [0.5, 0.6) is 0 Å². The van der Waals surface area contributed by atoms with Crippen LogP contribution in [0.4, 0.5) is 0 Å². The average Bonchev–Trinajstić information content (AvgIpc) is 3.54. The zero-order chi connectivity index (χ0) is 32.3. The number of aromatic nitrogens is 1. The standard InChI is InChI=1S/C48H31N/c1-3-15-32(16-4-1)34-19-13-21-36(29-34)43-31-44-39-24-8-10-26-41(39)48-47(46(44)40-25-9-7-23-38(40)43)42-27-11-12-28-45(42)49(48)37-22-14-20-35(30-37)33-17-5-2-6-18-33/h1-31H. The molecule has 1 aromatic heterocycles. The van der Waals surface area contributed by atoms with E-state index in [1.54, 1.807) is 0 Å². The molecule has 49 heavy (non-hydrogen) atoms. The van der Waals surface area contributed by atoms with Crippen molar-refractivity contribution < 1.29 is 0 Å². The zero-order valence-electron chi connectivity index (χ0n) is 26.8. The molecule has 0 bridgehead atoms. The maximum Gasteiger partial charge on any atom is 0.0626 e. The van der Waals surface area contributed by atoms with Crippen LogP contribution >= 0.6 is 0 Å². The van der Waals surface area contributed by atoms with Crippen molar-refractivity contribution in [2.24, 2.45) is 0 Å². The van der Waals surface area contributed by atoms with Gasteiger partial charge in [-0.2, -0.15) is 0 Å². The van der Waals surface area contributed by atoms with Crippen molar-refractivity contribution in [1.29, 1.82) is 0 Å². The quantitative estimate of drug-likeness (QED) is 0.172. The van der Waals surface area contributed by atoms with Crippen LogP contribution < -0.4 is 0 Å². The molecule has 0 aliphatic heterocycles. The molecule has 0 unspecified atom stereocenters. The minimum Gasteiger partial charge on any atom is -0.309 e. The number of nitrogens with zero attached hydrogens (tertiary/aromatic N) is 1. The molecule has 0 amide bonds. The highest BCUT2D eigenvalue weighted by atomic mass is 15.0. The number of hydrogen-bond acceptors (Lipinski definition) is 0. The third-order valence-electron chi connectivity index (χ3n) is 10.1. The monoisotopic (exact) mass is 621 g/mol. The molecule has 1 nitrogen and oxygen atoms in total. The fourth-order valence-corrected chi connectivity index (χ4v) is 7.99. The molecule has 1 heterocycles. The van der Waals surface area contributed by atoms with Crippen LogP contribution in [0.3, 0.4) is 0 Å². The molecule has 0 atom stereocenters. The summed E-state index contributed by atoms with van der Waals surface area (Å²) in [6, 6.07) is 68.6. The second-order valence-corrected chi connectivity index (χ2v) is 12.9. The molecule has 0 N–H and O–H groups in total. The molecular weight excluding hydrogens is 591 g/mol. The molecule has 0 radical (unpaired) electrons. The first-order valence-electron chi connectivity index (χ1n) is 16.9. The summed E-state index contributed by atoms with van der Waals surface area (Å²) in [5, 5.41) is 10.2. The summed E-state index contributed by atoms with van der Waals surface area (Å²) >= 11 is 0. The molecule has 0 saturated carbocycles. The van der Waals surface area contributed by atoms with Crippen molar-refractivity contribution in [1.82, 2.24) is 4.57 Å². The topological polar surface area (TPSA) is 4.93 Å². The Kier molecular flexibility index (Phi) is 6.25. The van der Waals surface area contributed by atoms with E-state index in [1.807, 2.05) is 0 Å². The van der Waals surface area contributed by atoms with Gasteiger partial charge in [0, 0.05) is 27.2 Å². The molecule has 10 rings (SSSR count). The van der Waals surface area contributed by atoms with Crippen molar-refractivity contribution >= 4 is 54.1 Å². The molecular formula is C48H31N. The molecule has 0 aliphatic rings. The lowest BCUT2D eigenvalue weighted by atomic mass is 9.88. The van der Waals surface area contributed by atoms with Crippen LogP contribution in [0.2, 0.25) is 0 Å². The number of rotatable bonds is 4. The second kappa shape index (κ2) is 11.1. The maximum absolute atomic E-state index is 2.49. The van der Waals surface area contributed by atoms with E-state index in [1.165, 1.54) is 87.5 Å². The van der Waals surface area contributed by atoms with E-state index in [-0.39, 0.29) is 0 Å². The smallest absolute Gasteiger partial charge is 0.0626 e. The Balaban J connectivity index is 1.34. The minimum atomic E-state index is 1.16. The molecule has 0 fully saturated rings. The van der Waals surface area contributed by atoms with Gasteiger partial charge in [-0.15, -0.1) is 0 Å². The minimum absolute atomic E-state index is 1.16. The van der Waals surface area contributed by atoms with Gasteiger partial charge >= 0.3 is 0 Å². The van der Waals surface area contributed by atoms with Crippen LogP contribution in [0, 0.1) is 0 Å². The van der Waals surface area contributed by atoms with Gasteiger partial charge < -0.3 is 4.57 Å². The lowest BCUT2D eigenvalue weighted by Gasteiger charge is -2.17. The maximum atomic E-state index is 2.49. The first kappa shape index (κ1) is 27.7. The number of para-hydroxylation sites is 1. The lowest BCUT2D eigenvalue weighted by molar-refractivity contribution is 1.19. The Labute approximate surface area is 284 Å². The summed E-state index contributed by atoms with van der Waals surface area (Å²) in [6.45, 7) is 0. The largest absolute Gasteiger partial charge is 0.309 e. The third kappa shape index (κ3) is 4.33. The summed E-state index contributed by atoms with van der Waals surface area (Å²) in [5.41, 5.74) is 11.0. The molecule has 0 spiro atoms. The van der Waals surface area contributed by atoms with Crippen molar-refractivity contribution in [2.75, 3.05) is 0 Å². The highest BCUT2D eigenvalue weighted by Gasteiger charge is 2.22. The average molecular weight is 622 g/mol. The van der Waals surface area contributed by atoms with Gasteiger partial charge in [-0.05, 0) is 85.3 Å². The first-order chi connectivity index (χ1) is 24.3. The summed E-state index contributed by atoms with van der Waals surface area (Å²) in [6.07, 6.45) is 0. The summed E-state index contributed by atoms with van der Waals surface area (Å²) < 4.78 is 2.49. The van der Waals surface area contributed by atoms with E-state index in [2.05, 4.69) is 193 Å². The van der Waals surface area contributed by atoms with E-state index in [9.17, 15) is 0 Å². The molecule has 9 aromatic carbocycles. The van der Waals surface area contributed by atoms with Crippen LogP contribution in [0.15, 0.2) is 188 Å². The van der Waals surface area contributed by atoms with Crippen LogP contribution in [0.25, 0.3) is 93.2 Å². The van der Waals surface area contributed by atoms with Gasteiger partial charge in [0.1, 0.15) is 0 Å². The Morgan fingerprint density at radius 1 is 0.286 bits per heavy atom. The predicted molar refractivity (Wildman–Crippen MR) is 210 cm³/mol. The number of hydrogen-bond donors (Lipinski definition) is 0. The predicted octanol–water partition coefficient (Wildman–Crippen LogP) is 13.2. The molecule has 10 aromatic rings. The van der Waals surface area contributed by atoms with Gasteiger partial charge in [-0.25, -0.2) is 0 Å². The Morgan fingerprint density at radius 3 is 1.55 bits per heavy atom. The summed E-state index contributed by atoms with van der Waals surface area (Å²) in [7, 11) is 0. The highest BCUT2D eigenvalue weighted by Crippen LogP contribution is 2.47. The van der Waals surface area contributed by atoms with Gasteiger partial charge in [0.25, 0.3) is 0 Å². The Morgan fingerprint density at radius 2 is 0.816 bits per heavy atom. The van der Waals surface area contributed by atoms with Gasteiger partial charge in [-0.3, -0.25) is 0 Å². The fraction of sp³-hybridized carbons (Fsp3) is 0. The molecule has 0 aliphatic carbocycles. The molecule has 1 heteroatoms. The van der Waals surface area contributed by atoms with Crippen molar-refractivity contribution in [3.05, 3.63) is 188 Å². The number of benzene rings is 9. The van der Waals surface area contributed by atoms with E-state index >= 15 is 0 Å². The second-order valence-electron chi connectivity index (χ2n) is 12.9. The van der Waals surface area contributed by atoms with Crippen LogP contribution in [-0.4, -0.2) is 4.57 Å². The number of fused-ring (bicyclic) bond motifs is 10. The van der Waals surface area contributed by atoms with Crippen LogP contribution in [-0.2, 0) is 0 Å². The first-order valence-corrected chi connectivity index (χ1v) is 16.9. The van der Waals surface area contributed by atoms with E-state index in [4.69, 9.17) is 0 Å². The summed E-state index contributed by atoms with van der Waals surface area (Å²) in [5.74, 6) is 0. The lowest BCUT2D eigenvalue weighted by Crippen LogP contribution is -1.96. The van der Waals surface area contributed by atoms with Gasteiger partial charge in [0.2, 0.25) is 0 Å². The fourth-order valence-electron chi connectivity index (χ4n) is 7.99. The van der Waals surface area contributed by atoms with Gasteiger partial charge in [0.15, 0.2) is 0 Å². The Hall–Kier alpha value is -6.44. The van der Waals surface area contributed by atoms with Crippen molar-refractivity contribution in [3.8, 4) is 39.1 Å². The molecule has 228 valence electrons. The van der Waals surface area contributed by atoms with E-state index < -0.39 is 0 Å². The summed E-state index contributed by atoms with van der Waals surface area (Å²) in [4.78, 5) is 0. The van der Waals surface area contributed by atoms with E-state index in [0.717, 1.165) is 5.69 Å². The normalized spacial score (nSPS) is 11.7.